The second kappa shape index (κ2) is 10.9. The summed E-state index contributed by atoms with van der Waals surface area (Å²) in [4.78, 5) is 54.6. The fourth-order valence-electron chi connectivity index (χ4n) is 5.97. The fraction of sp³-hybridized carbons (Fsp3) is 0.643. The van der Waals surface area contributed by atoms with Gasteiger partial charge in [-0.1, -0.05) is 26.8 Å². The van der Waals surface area contributed by atoms with Gasteiger partial charge in [-0.05, 0) is 56.6 Å². The maximum atomic E-state index is 14.1. The third-order valence-electron chi connectivity index (χ3n) is 7.87. The summed E-state index contributed by atoms with van der Waals surface area (Å²) in [6, 6.07) is 2.99. The summed E-state index contributed by atoms with van der Waals surface area (Å²) in [6.07, 6.45) is 1.57. The molecule has 2 aliphatic heterocycles. The van der Waals surface area contributed by atoms with Gasteiger partial charge in [-0.3, -0.25) is 19.2 Å². The molecule has 3 fully saturated rings. The zero-order chi connectivity index (χ0) is 27.8. The predicted octanol–water partition coefficient (Wildman–Crippen LogP) is 2.32. The number of ether oxygens (including phenoxy) is 3. The van der Waals surface area contributed by atoms with Crippen molar-refractivity contribution in [3.63, 3.8) is 0 Å². The summed E-state index contributed by atoms with van der Waals surface area (Å²) in [6.45, 7) is 9.61. The van der Waals surface area contributed by atoms with Crippen LogP contribution in [0.2, 0.25) is 0 Å². The van der Waals surface area contributed by atoms with Gasteiger partial charge < -0.3 is 29.7 Å². The third kappa shape index (κ3) is 5.36. The van der Waals surface area contributed by atoms with Crippen LogP contribution in [-0.4, -0.2) is 72.8 Å². The largest absolute Gasteiger partial charge is 0.496 e. The molecule has 2 heterocycles. The monoisotopic (exact) mass is 529 g/mol. The summed E-state index contributed by atoms with van der Waals surface area (Å²) in [5, 5.41) is 5.88. The number of benzene rings is 1. The van der Waals surface area contributed by atoms with Crippen LogP contribution in [0, 0.1) is 18.3 Å². The number of cyclic esters (lactones) is 1. The molecule has 3 aliphatic rings. The highest BCUT2D eigenvalue weighted by molar-refractivity contribution is 6.00. The molecular formula is C28H39N3O7. The molecule has 38 heavy (non-hydrogen) atoms. The maximum absolute atomic E-state index is 14.1. The minimum atomic E-state index is -0.859. The van der Waals surface area contributed by atoms with Crippen molar-refractivity contribution in [3.8, 4) is 5.75 Å². The predicted molar refractivity (Wildman–Crippen MR) is 138 cm³/mol. The van der Waals surface area contributed by atoms with E-state index in [9.17, 15) is 19.2 Å². The summed E-state index contributed by atoms with van der Waals surface area (Å²) >= 11 is 0. The van der Waals surface area contributed by atoms with E-state index in [2.05, 4.69) is 10.6 Å². The van der Waals surface area contributed by atoms with Gasteiger partial charge in [-0.2, -0.15) is 0 Å². The molecule has 2 N–H and O–H groups in total. The molecule has 1 aromatic carbocycles. The lowest BCUT2D eigenvalue weighted by Crippen LogP contribution is -2.62. The van der Waals surface area contributed by atoms with E-state index in [1.165, 1.54) is 0 Å². The lowest BCUT2D eigenvalue weighted by atomic mass is 9.84. The number of piperidine rings is 1. The summed E-state index contributed by atoms with van der Waals surface area (Å²) in [5.41, 5.74) is 0.493. The van der Waals surface area contributed by atoms with Crippen LogP contribution in [0.3, 0.4) is 0 Å². The highest BCUT2D eigenvalue weighted by Crippen LogP contribution is 2.44. The normalized spacial score (nSPS) is 27.2. The van der Waals surface area contributed by atoms with Crippen molar-refractivity contribution >= 4 is 23.7 Å². The maximum Gasteiger partial charge on any atom is 0.310 e. The van der Waals surface area contributed by atoms with E-state index in [4.69, 9.17) is 14.2 Å². The average Bonchev–Trinajstić information content (AvgIpc) is 3.56. The van der Waals surface area contributed by atoms with Crippen LogP contribution in [-0.2, 0) is 23.9 Å². The topological polar surface area (TPSA) is 123 Å². The van der Waals surface area contributed by atoms with Crippen molar-refractivity contribution in [2.45, 2.75) is 90.8 Å². The Morgan fingerprint density at radius 3 is 2.61 bits per heavy atom. The van der Waals surface area contributed by atoms with Gasteiger partial charge in [0.2, 0.25) is 18.1 Å². The Balaban J connectivity index is 1.56. The van der Waals surface area contributed by atoms with Crippen LogP contribution in [0.5, 0.6) is 5.75 Å². The SMILES string of the molecule is CCO[C@H]1OC(=O)C[C@H]1NC(=O)[C@@H]1[C@@H]2CC[C@@H](C2)N1C(=O)[C@@H](NC(=O)c1cccc(OC)c1C)C(C)(C)C. The Bertz CT molecular complexity index is 1100. The molecular weight excluding hydrogens is 490 g/mol. The number of methoxy groups -OCH3 is 1. The van der Waals surface area contributed by atoms with E-state index in [0.29, 0.717) is 23.5 Å². The number of hydrogen-bond donors (Lipinski definition) is 2. The number of carbonyl (C=O) groups excluding carboxylic acids is 4. The van der Waals surface area contributed by atoms with Crippen LogP contribution < -0.4 is 15.4 Å². The molecule has 0 radical (unpaired) electrons. The van der Waals surface area contributed by atoms with Crippen LogP contribution >= 0.6 is 0 Å². The van der Waals surface area contributed by atoms with Crippen LogP contribution in [0.25, 0.3) is 0 Å². The molecule has 10 nitrogen and oxygen atoms in total. The Labute approximate surface area is 223 Å². The molecule has 0 aromatic heterocycles. The first-order valence-corrected chi connectivity index (χ1v) is 13.3. The van der Waals surface area contributed by atoms with Crippen molar-refractivity contribution in [1.29, 1.82) is 0 Å². The first-order valence-electron chi connectivity index (χ1n) is 13.3. The Morgan fingerprint density at radius 2 is 1.95 bits per heavy atom. The summed E-state index contributed by atoms with van der Waals surface area (Å²) in [5.74, 6) is -0.798. The highest BCUT2D eigenvalue weighted by Gasteiger charge is 2.54. The Morgan fingerprint density at radius 1 is 1.21 bits per heavy atom. The molecule has 2 saturated heterocycles. The molecule has 3 amide bonds. The van der Waals surface area contributed by atoms with E-state index in [0.717, 1.165) is 19.3 Å². The van der Waals surface area contributed by atoms with E-state index in [-0.39, 0.29) is 36.1 Å². The van der Waals surface area contributed by atoms with E-state index in [1.807, 2.05) is 20.8 Å². The number of carbonyl (C=O) groups is 4. The quantitative estimate of drug-likeness (QED) is 0.496. The van der Waals surface area contributed by atoms with Crippen molar-refractivity contribution in [2.24, 2.45) is 11.3 Å². The van der Waals surface area contributed by atoms with Gasteiger partial charge in [0.05, 0.1) is 13.5 Å². The zero-order valence-corrected chi connectivity index (χ0v) is 23.0. The van der Waals surface area contributed by atoms with Crippen LogP contribution in [0.1, 0.15) is 69.3 Å². The number of amides is 3. The molecule has 1 aliphatic carbocycles. The van der Waals surface area contributed by atoms with Crippen molar-refractivity contribution < 1.29 is 33.4 Å². The third-order valence-corrected chi connectivity index (χ3v) is 7.87. The second-order valence-electron chi connectivity index (χ2n) is 11.5. The van der Waals surface area contributed by atoms with Crippen molar-refractivity contribution in [1.82, 2.24) is 15.5 Å². The highest BCUT2D eigenvalue weighted by atomic mass is 16.7. The molecule has 1 saturated carbocycles. The summed E-state index contributed by atoms with van der Waals surface area (Å²) in [7, 11) is 1.54. The molecule has 0 spiro atoms. The van der Waals surface area contributed by atoms with Gasteiger partial charge in [-0.25, -0.2) is 0 Å². The summed E-state index contributed by atoms with van der Waals surface area (Å²) < 4.78 is 16.0. The molecule has 6 atom stereocenters. The molecule has 1 aromatic rings. The number of nitrogens with zero attached hydrogens (tertiary/aromatic N) is 1. The van der Waals surface area contributed by atoms with Gasteiger partial charge >= 0.3 is 5.97 Å². The average molecular weight is 530 g/mol. The number of fused-ring (bicyclic) bond motifs is 2. The number of esters is 1. The van der Waals surface area contributed by atoms with Crippen molar-refractivity contribution in [2.75, 3.05) is 13.7 Å². The molecule has 208 valence electrons. The number of likely N-dealkylation sites (tertiary alicyclic amines) is 1. The first-order chi connectivity index (χ1) is 18.0. The number of nitrogens with one attached hydrogen (secondary N) is 2. The minimum absolute atomic E-state index is 0.0180. The number of hydrogen-bond acceptors (Lipinski definition) is 7. The van der Waals surface area contributed by atoms with Crippen molar-refractivity contribution in [3.05, 3.63) is 29.3 Å². The van der Waals surface area contributed by atoms with Gasteiger partial charge in [-0.15, -0.1) is 0 Å². The lowest BCUT2D eigenvalue weighted by Gasteiger charge is -2.40. The second-order valence-corrected chi connectivity index (χ2v) is 11.5. The Kier molecular flexibility index (Phi) is 8.01. The van der Waals surface area contributed by atoms with E-state index >= 15 is 0 Å². The van der Waals surface area contributed by atoms with Gasteiger partial charge in [0.1, 0.15) is 23.9 Å². The zero-order valence-electron chi connectivity index (χ0n) is 23.0. The van der Waals surface area contributed by atoms with E-state index in [1.54, 1.807) is 44.1 Å². The van der Waals surface area contributed by atoms with E-state index < -0.39 is 35.8 Å². The standard InChI is InChI=1S/C28H39N3O7/c1-7-37-27-19(14-21(32)38-27)29-25(34)22-16-11-12-17(13-16)31(22)26(35)23(28(3,4)5)30-24(33)18-9-8-10-20(36-6)15(18)2/h8-10,16-17,19,22-23,27H,7,11-14H2,1-6H3,(H,29,34)(H,30,33)/t16-,17+,19-,22+,23-,27+/m1/s1. The van der Waals surface area contributed by atoms with Crippen LogP contribution in [0.4, 0.5) is 0 Å². The molecule has 2 bridgehead atoms. The molecule has 0 unspecified atom stereocenters. The molecule has 10 heteroatoms. The lowest BCUT2D eigenvalue weighted by molar-refractivity contribution is -0.165. The Hall–Kier alpha value is -3.14. The van der Waals surface area contributed by atoms with Gasteiger partial charge in [0.25, 0.3) is 5.91 Å². The number of rotatable bonds is 8. The van der Waals surface area contributed by atoms with Gasteiger partial charge in [0.15, 0.2) is 0 Å². The molecule has 4 rings (SSSR count). The van der Waals surface area contributed by atoms with Gasteiger partial charge in [0, 0.05) is 23.8 Å². The smallest absolute Gasteiger partial charge is 0.310 e. The van der Waals surface area contributed by atoms with Crippen LogP contribution in [0.15, 0.2) is 18.2 Å². The fourth-order valence-corrected chi connectivity index (χ4v) is 5.97. The minimum Gasteiger partial charge on any atom is -0.496 e. The first kappa shape index (κ1) is 27.9.